The van der Waals surface area contributed by atoms with Gasteiger partial charge >= 0.3 is 0 Å². The van der Waals surface area contributed by atoms with E-state index in [-0.39, 0.29) is 68.2 Å². The third kappa shape index (κ3) is 24.5. The van der Waals surface area contributed by atoms with Crippen LogP contribution in [0.25, 0.3) is 43.1 Å². The standard InChI is InChI=1S/2C14H10.C12H24O6.3C4H8O.Co.K/c2*1-2-6-12-10-14-8-4-3-7-13(14)9-11(12)5-1;1-2-14-5-6-16-9-10-18-12-11-17-8-7-15-4-3-13-1;3*1-2-4-5-3-1;;/h2*1-10H;1-12H2;3*1-4H2;;. The van der Waals surface area contributed by atoms with E-state index in [0.717, 1.165) is 39.6 Å². The summed E-state index contributed by atoms with van der Waals surface area (Å²) in [7, 11) is 0. The molecular formula is C52H68CoKO9. The van der Waals surface area contributed by atoms with Crippen LogP contribution in [0.3, 0.4) is 0 Å². The van der Waals surface area contributed by atoms with Crippen LogP contribution in [-0.2, 0) is 59.4 Å². The minimum atomic E-state index is 0. The van der Waals surface area contributed by atoms with Gasteiger partial charge in [0.1, 0.15) is 0 Å². The maximum Gasteiger partial charge on any atom is 0.0701 e. The first-order valence-electron chi connectivity index (χ1n) is 22.3. The average Bonchev–Trinajstić information content (AvgIpc) is 4.17. The summed E-state index contributed by atoms with van der Waals surface area (Å²) >= 11 is 0. The second-order valence-corrected chi connectivity index (χ2v) is 14.7. The van der Waals surface area contributed by atoms with E-state index in [9.17, 15) is 0 Å². The normalized spacial score (nSPS) is 17.4. The Morgan fingerprint density at radius 3 is 0.444 bits per heavy atom. The van der Waals surface area contributed by atoms with E-state index in [1.54, 1.807) is 0 Å². The largest absolute Gasteiger partial charge is 0.381 e. The number of rotatable bonds is 0. The number of hydrogen-bond acceptors (Lipinski definition) is 9. The van der Waals surface area contributed by atoms with Gasteiger partial charge < -0.3 is 42.6 Å². The molecule has 2 radical (unpaired) electrons. The van der Waals surface area contributed by atoms with Crippen LogP contribution in [0.15, 0.2) is 121 Å². The molecule has 0 N–H and O–H groups in total. The van der Waals surface area contributed by atoms with Crippen LogP contribution >= 0.6 is 0 Å². The Labute approximate surface area is 428 Å². The van der Waals surface area contributed by atoms with Gasteiger partial charge in [0.2, 0.25) is 0 Å². The molecule has 6 aromatic carbocycles. The molecule has 4 saturated heterocycles. The number of ether oxygens (including phenoxy) is 9. The van der Waals surface area contributed by atoms with Crippen LogP contribution in [-0.4, -0.2) is 170 Å². The molecule has 4 aliphatic heterocycles. The van der Waals surface area contributed by atoms with Crippen molar-refractivity contribution >= 4 is 94.5 Å². The average molecular weight is 935 g/mol. The maximum absolute atomic E-state index is 5.33. The summed E-state index contributed by atoms with van der Waals surface area (Å²) in [6.45, 7) is 13.0. The van der Waals surface area contributed by atoms with Gasteiger partial charge in [-0.25, -0.2) is 0 Å². The van der Waals surface area contributed by atoms with E-state index < -0.39 is 0 Å². The van der Waals surface area contributed by atoms with Gasteiger partial charge in [0.05, 0.1) is 79.3 Å². The Morgan fingerprint density at radius 1 is 0.206 bits per heavy atom. The summed E-state index contributed by atoms with van der Waals surface area (Å²) in [4.78, 5) is 0. The molecule has 9 nitrogen and oxygen atoms in total. The van der Waals surface area contributed by atoms with Crippen molar-refractivity contribution in [3.05, 3.63) is 121 Å². The predicted molar refractivity (Wildman–Crippen MR) is 254 cm³/mol. The summed E-state index contributed by atoms with van der Waals surface area (Å²) in [5, 5.41) is 10.5. The van der Waals surface area contributed by atoms with Crippen molar-refractivity contribution in [2.24, 2.45) is 0 Å². The van der Waals surface area contributed by atoms with E-state index in [0.29, 0.717) is 79.3 Å². The van der Waals surface area contributed by atoms with E-state index in [4.69, 9.17) is 42.6 Å². The summed E-state index contributed by atoms with van der Waals surface area (Å²) in [6.07, 6.45) is 7.67. The molecule has 10 rings (SSSR count). The molecule has 6 aromatic rings. The first kappa shape index (κ1) is 55.5. The zero-order chi connectivity index (χ0) is 42.1. The topological polar surface area (TPSA) is 83.1 Å². The first-order valence-corrected chi connectivity index (χ1v) is 22.3. The second-order valence-electron chi connectivity index (χ2n) is 14.7. The maximum atomic E-state index is 5.33. The van der Waals surface area contributed by atoms with Crippen molar-refractivity contribution < 1.29 is 59.4 Å². The van der Waals surface area contributed by atoms with Crippen LogP contribution in [0, 0.1) is 0 Å². The Balaban J connectivity index is 0.000000213. The van der Waals surface area contributed by atoms with Gasteiger partial charge in [-0.2, -0.15) is 0 Å². The van der Waals surface area contributed by atoms with Crippen molar-refractivity contribution in [2.45, 2.75) is 38.5 Å². The molecule has 4 heterocycles. The molecule has 0 amide bonds. The molecule has 0 saturated carbocycles. The molecule has 11 heteroatoms. The van der Waals surface area contributed by atoms with Gasteiger partial charge in [-0.05, 0) is 106 Å². The van der Waals surface area contributed by atoms with Crippen molar-refractivity contribution in [3.63, 3.8) is 0 Å². The molecule has 4 fully saturated rings. The zero-order valence-electron chi connectivity index (χ0n) is 37.5. The van der Waals surface area contributed by atoms with Gasteiger partial charge in [-0.15, -0.1) is 0 Å². The van der Waals surface area contributed by atoms with Gasteiger partial charge in [-0.1, -0.05) is 97.1 Å². The molecule has 0 spiro atoms. The van der Waals surface area contributed by atoms with Crippen molar-refractivity contribution in [2.75, 3.05) is 119 Å². The fourth-order valence-electron chi connectivity index (χ4n) is 6.62. The van der Waals surface area contributed by atoms with E-state index in [2.05, 4.69) is 121 Å². The molecule has 0 aromatic heterocycles. The zero-order valence-corrected chi connectivity index (χ0v) is 41.7. The molecule has 63 heavy (non-hydrogen) atoms. The Hall–Kier alpha value is -1.86. The molecule has 0 unspecified atom stereocenters. The van der Waals surface area contributed by atoms with Crippen molar-refractivity contribution in [1.82, 2.24) is 0 Å². The molecule has 0 aliphatic carbocycles. The summed E-state index contributed by atoms with van der Waals surface area (Å²) in [5.74, 6) is 0. The van der Waals surface area contributed by atoms with Gasteiger partial charge in [0.25, 0.3) is 0 Å². The summed E-state index contributed by atoms with van der Waals surface area (Å²) < 4.78 is 46.8. The van der Waals surface area contributed by atoms with E-state index >= 15 is 0 Å². The Kier molecular flexibility index (Phi) is 32.8. The predicted octanol–water partition coefficient (Wildman–Crippen LogP) is 10.1. The minimum Gasteiger partial charge on any atom is -0.381 e. The van der Waals surface area contributed by atoms with Gasteiger partial charge in [-0.3, -0.25) is 0 Å². The van der Waals surface area contributed by atoms with E-state index in [1.807, 2.05) is 0 Å². The Bertz CT molecular complexity index is 1560. The third-order valence-corrected chi connectivity index (χ3v) is 9.94. The molecule has 0 bridgehead atoms. The van der Waals surface area contributed by atoms with Gasteiger partial charge in [0, 0.05) is 108 Å². The minimum absolute atomic E-state index is 0. The Morgan fingerprint density at radius 2 is 0.333 bits per heavy atom. The first-order chi connectivity index (χ1) is 30.4. The SMILES string of the molecule is C1CCOC1.C1CCOC1.C1CCOC1.C1COCCOCCOCCOCCOCCO1.[Co].[K].c1ccc2cc3ccccc3cc2c1.c1ccc2cc3ccccc3cc2c1. The summed E-state index contributed by atoms with van der Waals surface area (Å²) in [5.41, 5.74) is 0. The smallest absolute Gasteiger partial charge is 0.0701 e. The number of benzene rings is 6. The molecule has 4 aliphatic rings. The monoisotopic (exact) mass is 934 g/mol. The molecule has 0 atom stereocenters. The quantitative estimate of drug-likeness (QED) is 0.109. The van der Waals surface area contributed by atoms with Crippen LogP contribution in [0.2, 0.25) is 0 Å². The third-order valence-electron chi connectivity index (χ3n) is 9.94. The van der Waals surface area contributed by atoms with Gasteiger partial charge in [0.15, 0.2) is 0 Å². The van der Waals surface area contributed by atoms with Crippen molar-refractivity contribution in [3.8, 4) is 0 Å². The van der Waals surface area contributed by atoms with Crippen LogP contribution < -0.4 is 0 Å². The van der Waals surface area contributed by atoms with Crippen LogP contribution in [0.1, 0.15) is 38.5 Å². The number of hydrogen-bond donors (Lipinski definition) is 0. The van der Waals surface area contributed by atoms with Crippen LogP contribution in [0.5, 0.6) is 0 Å². The van der Waals surface area contributed by atoms with E-state index in [1.165, 1.54) is 81.6 Å². The number of fused-ring (bicyclic) bond motifs is 4. The molecule has 340 valence electrons. The fraction of sp³-hybridized carbons (Fsp3) is 0.462. The second kappa shape index (κ2) is 37.3. The molecular weight excluding hydrogens is 867 g/mol. The fourth-order valence-corrected chi connectivity index (χ4v) is 6.62. The van der Waals surface area contributed by atoms with Crippen molar-refractivity contribution in [1.29, 1.82) is 0 Å². The van der Waals surface area contributed by atoms with Crippen LogP contribution in [0.4, 0.5) is 0 Å². The summed E-state index contributed by atoms with van der Waals surface area (Å²) in [6, 6.07) is 42.8.